The van der Waals surface area contributed by atoms with E-state index in [2.05, 4.69) is 15.4 Å². The molecule has 7 nitrogen and oxygen atoms in total. The Morgan fingerprint density at radius 3 is 2.73 bits per heavy atom. The standard InChI is InChI=1S/C19H24N4O3/c24-19(20-18-12-17(26-21-18)16-4-2-1-3-5-16)23-9-7-22(8-10-23)13-15-6-11-25-14-15/h1-5,12,15H,6-11,13-14H2,(H,20,21,24). The second kappa shape index (κ2) is 7.88. The highest BCUT2D eigenvalue weighted by Gasteiger charge is 2.25. The number of piperazine rings is 1. The van der Waals surface area contributed by atoms with E-state index >= 15 is 0 Å². The predicted molar refractivity (Wildman–Crippen MR) is 97.9 cm³/mol. The largest absolute Gasteiger partial charge is 0.381 e. The number of hydrogen-bond acceptors (Lipinski definition) is 5. The number of ether oxygens (including phenoxy) is 1. The van der Waals surface area contributed by atoms with Crippen LogP contribution in [0.4, 0.5) is 10.6 Å². The summed E-state index contributed by atoms with van der Waals surface area (Å²) in [6.45, 7) is 6.08. The minimum absolute atomic E-state index is 0.123. The molecule has 4 rings (SSSR count). The Labute approximate surface area is 152 Å². The molecule has 2 fully saturated rings. The Morgan fingerprint density at radius 2 is 2.00 bits per heavy atom. The molecule has 0 spiro atoms. The lowest BCUT2D eigenvalue weighted by Gasteiger charge is -2.35. The summed E-state index contributed by atoms with van der Waals surface area (Å²) in [7, 11) is 0. The van der Waals surface area contributed by atoms with Crippen molar-refractivity contribution in [2.45, 2.75) is 6.42 Å². The zero-order valence-corrected chi connectivity index (χ0v) is 14.8. The minimum Gasteiger partial charge on any atom is -0.381 e. The number of anilines is 1. The molecular formula is C19H24N4O3. The fraction of sp³-hybridized carbons (Fsp3) is 0.474. The van der Waals surface area contributed by atoms with Gasteiger partial charge in [0.15, 0.2) is 11.6 Å². The Balaban J connectivity index is 1.27. The lowest BCUT2D eigenvalue weighted by molar-refractivity contribution is 0.124. The summed E-state index contributed by atoms with van der Waals surface area (Å²) in [4.78, 5) is 16.7. The van der Waals surface area contributed by atoms with Gasteiger partial charge in [0.2, 0.25) is 0 Å². The van der Waals surface area contributed by atoms with E-state index in [4.69, 9.17) is 9.26 Å². The van der Waals surface area contributed by atoms with Gasteiger partial charge in [-0.05, 0) is 12.3 Å². The molecule has 1 atom stereocenters. The van der Waals surface area contributed by atoms with Crippen molar-refractivity contribution in [3.63, 3.8) is 0 Å². The van der Waals surface area contributed by atoms with Crippen LogP contribution in [0.5, 0.6) is 0 Å². The molecule has 0 bridgehead atoms. The van der Waals surface area contributed by atoms with Crippen molar-refractivity contribution in [1.82, 2.24) is 15.0 Å². The molecule has 0 radical (unpaired) electrons. The summed E-state index contributed by atoms with van der Waals surface area (Å²) in [6.07, 6.45) is 1.15. The Bertz CT molecular complexity index is 719. The van der Waals surface area contributed by atoms with Crippen LogP contribution in [-0.2, 0) is 4.74 Å². The predicted octanol–water partition coefficient (Wildman–Crippen LogP) is 2.53. The third-order valence-electron chi connectivity index (χ3n) is 5.00. The van der Waals surface area contributed by atoms with Gasteiger partial charge in [-0.25, -0.2) is 4.79 Å². The van der Waals surface area contributed by atoms with Crippen molar-refractivity contribution >= 4 is 11.8 Å². The van der Waals surface area contributed by atoms with Crippen molar-refractivity contribution in [1.29, 1.82) is 0 Å². The van der Waals surface area contributed by atoms with Crippen LogP contribution in [0.1, 0.15) is 6.42 Å². The third kappa shape index (κ3) is 4.05. The zero-order chi connectivity index (χ0) is 17.8. The van der Waals surface area contributed by atoms with Crippen LogP contribution in [-0.4, -0.2) is 66.9 Å². The molecule has 2 amide bonds. The topological polar surface area (TPSA) is 70.8 Å². The average molecular weight is 356 g/mol. The fourth-order valence-electron chi connectivity index (χ4n) is 3.49. The van der Waals surface area contributed by atoms with Gasteiger partial charge < -0.3 is 14.2 Å². The lowest BCUT2D eigenvalue weighted by Crippen LogP contribution is -2.51. The first-order valence-electron chi connectivity index (χ1n) is 9.16. The van der Waals surface area contributed by atoms with Crippen molar-refractivity contribution in [2.75, 3.05) is 51.3 Å². The van der Waals surface area contributed by atoms with Crippen LogP contribution >= 0.6 is 0 Å². The van der Waals surface area contributed by atoms with Gasteiger partial charge >= 0.3 is 6.03 Å². The van der Waals surface area contributed by atoms with Crippen LogP contribution in [0.3, 0.4) is 0 Å². The molecule has 138 valence electrons. The summed E-state index contributed by atoms with van der Waals surface area (Å²) in [5.74, 6) is 1.73. The van der Waals surface area contributed by atoms with E-state index in [1.807, 2.05) is 35.2 Å². The van der Waals surface area contributed by atoms with E-state index in [1.165, 1.54) is 0 Å². The maximum atomic E-state index is 12.5. The Hall–Kier alpha value is -2.38. The lowest BCUT2D eigenvalue weighted by atomic mass is 10.1. The maximum absolute atomic E-state index is 12.5. The fourth-order valence-corrected chi connectivity index (χ4v) is 3.49. The number of urea groups is 1. The quantitative estimate of drug-likeness (QED) is 0.911. The van der Waals surface area contributed by atoms with E-state index in [-0.39, 0.29) is 6.03 Å². The summed E-state index contributed by atoms with van der Waals surface area (Å²) < 4.78 is 10.8. The summed E-state index contributed by atoms with van der Waals surface area (Å²) in [5.41, 5.74) is 0.935. The van der Waals surface area contributed by atoms with Crippen LogP contribution in [0.25, 0.3) is 11.3 Å². The second-order valence-corrected chi connectivity index (χ2v) is 6.89. The van der Waals surface area contributed by atoms with E-state index < -0.39 is 0 Å². The highest BCUT2D eigenvalue weighted by molar-refractivity contribution is 5.88. The number of nitrogens with one attached hydrogen (secondary N) is 1. The van der Waals surface area contributed by atoms with Crippen LogP contribution in [0.2, 0.25) is 0 Å². The number of aromatic nitrogens is 1. The van der Waals surface area contributed by atoms with E-state index in [1.54, 1.807) is 6.07 Å². The molecule has 2 aliphatic heterocycles. The van der Waals surface area contributed by atoms with Crippen LogP contribution in [0, 0.1) is 5.92 Å². The molecular weight excluding hydrogens is 332 g/mol. The summed E-state index contributed by atoms with van der Waals surface area (Å²) in [5, 5.41) is 6.79. The first-order chi connectivity index (χ1) is 12.8. The number of rotatable bonds is 4. The molecule has 1 N–H and O–H groups in total. The smallest absolute Gasteiger partial charge is 0.323 e. The molecule has 0 aliphatic carbocycles. The Morgan fingerprint density at radius 1 is 1.19 bits per heavy atom. The molecule has 2 aromatic rings. The van der Waals surface area contributed by atoms with Gasteiger partial charge in [0.05, 0.1) is 6.61 Å². The number of benzene rings is 1. The molecule has 26 heavy (non-hydrogen) atoms. The maximum Gasteiger partial charge on any atom is 0.323 e. The highest BCUT2D eigenvalue weighted by atomic mass is 16.5. The molecule has 2 saturated heterocycles. The van der Waals surface area contributed by atoms with Gasteiger partial charge in [-0.15, -0.1) is 0 Å². The first-order valence-corrected chi connectivity index (χ1v) is 9.16. The van der Waals surface area contributed by atoms with Crippen LogP contribution in [0.15, 0.2) is 40.9 Å². The molecule has 1 aromatic heterocycles. The first kappa shape index (κ1) is 17.1. The summed E-state index contributed by atoms with van der Waals surface area (Å²) in [6, 6.07) is 11.3. The van der Waals surface area contributed by atoms with E-state index in [0.29, 0.717) is 17.5 Å². The van der Waals surface area contributed by atoms with Crippen molar-refractivity contribution in [3.8, 4) is 11.3 Å². The van der Waals surface area contributed by atoms with Gasteiger partial charge in [-0.1, -0.05) is 35.5 Å². The number of hydrogen-bond donors (Lipinski definition) is 1. The van der Waals surface area contributed by atoms with Gasteiger partial charge in [0.25, 0.3) is 0 Å². The molecule has 1 aromatic carbocycles. The number of carbonyl (C=O) groups is 1. The van der Waals surface area contributed by atoms with Gasteiger partial charge in [0, 0.05) is 51.0 Å². The minimum atomic E-state index is -0.123. The Kier molecular flexibility index (Phi) is 5.17. The molecule has 0 saturated carbocycles. The molecule has 7 heteroatoms. The van der Waals surface area contributed by atoms with Gasteiger partial charge in [0.1, 0.15) is 0 Å². The number of nitrogens with zero attached hydrogens (tertiary/aromatic N) is 3. The summed E-state index contributed by atoms with van der Waals surface area (Å²) >= 11 is 0. The molecule has 3 heterocycles. The van der Waals surface area contributed by atoms with E-state index in [9.17, 15) is 4.79 Å². The van der Waals surface area contributed by atoms with Crippen molar-refractivity contribution in [3.05, 3.63) is 36.4 Å². The third-order valence-corrected chi connectivity index (χ3v) is 5.00. The van der Waals surface area contributed by atoms with Crippen LogP contribution < -0.4 is 5.32 Å². The highest BCUT2D eigenvalue weighted by Crippen LogP contribution is 2.22. The van der Waals surface area contributed by atoms with Crippen molar-refractivity contribution < 1.29 is 14.1 Å². The second-order valence-electron chi connectivity index (χ2n) is 6.89. The van der Waals surface area contributed by atoms with Gasteiger partial charge in [-0.2, -0.15) is 0 Å². The SMILES string of the molecule is O=C(Nc1cc(-c2ccccc2)on1)N1CCN(CC2CCOC2)CC1. The average Bonchev–Trinajstić information content (AvgIpc) is 3.35. The zero-order valence-electron chi connectivity index (χ0n) is 14.8. The monoisotopic (exact) mass is 356 g/mol. The molecule has 1 unspecified atom stereocenters. The molecule has 2 aliphatic rings. The number of carbonyl (C=O) groups excluding carboxylic acids is 1. The number of amides is 2. The normalized spacial score (nSPS) is 21.1. The van der Waals surface area contributed by atoms with Crippen molar-refractivity contribution in [2.24, 2.45) is 5.92 Å². The van der Waals surface area contributed by atoms with E-state index in [0.717, 1.165) is 57.9 Å². The van der Waals surface area contributed by atoms with Gasteiger partial charge in [-0.3, -0.25) is 10.2 Å².